The van der Waals surface area contributed by atoms with E-state index in [1.165, 1.54) is 0 Å². The zero-order valence-electron chi connectivity index (χ0n) is 12.4. The highest BCUT2D eigenvalue weighted by molar-refractivity contribution is 5.76. The number of carboxylic acid groups (broad SMARTS) is 1. The summed E-state index contributed by atoms with van der Waals surface area (Å²) in [7, 11) is 0. The predicted octanol–water partition coefficient (Wildman–Crippen LogP) is 1.10. The second-order valence-electron chi connectivity index (χ2n) is 6.85. The first kappa shape index (κ1) is 14.6. The first-order chi connectivity index (χ1) is 10.1. The summed E-state index contributed by atoms with van der Waals surface area (Å²) < 4.78 is 0. The highest BCUT2D eigenvalue weighted by Gasteiger charge is 2.45. The lowest BCUT2D eigenvalue weighted by molar-refractivity contribution is -0.138. The molecule has 3 aliphatic heterocycles. The van der Waals surface area contributed by atoms with Gasteiger partial charge in [0.1, 0.15) is 0 Å². The number of carbonyl (C=O) groups is 2. The fourth-order valence-corrected chi connectivity index (χ4v) is 4.38. The van der Waals surface area contributed by atoms with Gasteiger partial charge in [0.05, 0.1) is 0 Å². The molecular formula is C15H25N3O3. The van der Waals surface area contributed by atoms with E-state index in [-0.39, 0.29) is 30.5 Å². The Balaban J connectivity index is 1.62. The zero-order chi connectivity index (χ0) is 15.0. The van der Waals surface area contributed by atoms with Crippen molar-refractivity contribution in [3.05, 3.63) is 0 Å². The number of carbonyl (C=O) groups excluding carboxylic acids is 1. The standard InChI is InChI=1S/C15H25N3O3/c16-8-10-3-4-17(9-10)15(21)18-12-1-2-13(18)6-11(5-12)7-14(19)20/h10-13H,1-9,16H2,(H,19,20). The molecule has 3 fully saturated rings. The largest absolute Gasteiger partial charge is 0.481 e. The number of amides is 2. The van der Waals surface area contributed by atoms with E-state index < -0.39 is 5.97 Å². The summed E-state index contributed by atoms with van der Waals surface area (Å²) in [4.78, 5) is 27.6. The molecule has 0 saturated carbocycles. The third-order valence-electron chi connectivity index (χ3n) is 5.40. The van der Waals surface area contributed by atoms with Crippen molar-refractivity contribution in [1.82, 2.24) is 9.80 Å². The van der Waals surface area contributed by atoms with Gasteiger partial charge in [-0.25, -0.2) is 4.79 Å². The predicted molar refractivity (Wildman–Crippen MR) is 77.8 cm³/mol. The molecule has 0 spiro atoms. The van der Waals surface area contributed by atoms with Crippen LogP contribution in [-0.4, -0.2) is 58.6 Å². The summed E-state index contributed by atoms with van der Waals surface area (Å²) in [6, 6.07) is 0.655. The van der Waals surface area contributed by atoms with Crippen molar-refractivity contribution in [3.63, 3.8) is 0 Å². The summed E-state index contributed by atoms with van der Waals surface area (Å²) in [5.41, 5.74) is 5.70. The summed E-state index contributed by atoms with van der Waals surface area (Å²) in [6.45, 7) is 2.25. The molecule has 0 radical (unpaired) electrons. The molecule has 0 aromatic rings. The van der Waals surface area contributed by atoms with E-state index in [0.29, 0.717) is 12.5 Å². The monoisotopic (exact) mass is 295 g/mol. The van der Waals surface area contributed by atoms with E-state index in [1.54, 1.807) is 0 Å². The summed E-state index contributed by atoms with van der Waals surface area (Å²) in [5.74, 6) is -0.0416. The Hall–Kier alpha value is -1.30. The highest BCUT2D eigenvalue weighted by Crippen LogP contribution is 2.40. The van der Waals surface area contributed by atoms with E-state index in [9.17, 15) is 9.59 Å². The van der Waals surface area contributed by atoms with Crippen LogP contribution in [0.25, 0.3) is 0 Å². The number of fused-ring (bicyclic) bond motifs is 2. The van der Waals surface area contributed by atoms with Crippen LogP contribution in [0, 0.1) is 11.8 Å². The minimum absolute atomic E-state index is 0.159. The van der Waals surface area contributed by atoms with Crippen LogP contribution < -0.4 is 5.73 Å². The first-order valence-electron chi connectivity index (χ1n) is 8.07. The minimum Gasteiger partial charge on any atom is -0.481 e. The van der Waals surface area contributed by atoms with Gasteiger partial charge in [-0.3, -0.25) is 4.79 Å². The number of hydrogen-bond acceptors (Lipinski definition) is 3. The quantitative estimate of drug-likeness (QED) is 0.816. The van der Waals surface area contributed by atoms with Crippen molar-refractivity contribution >= 4 is 12.0 Å². The molecule has 118 valence electrons. The number of hydrogen-bond donors (Lipinski definition) is 2. The molecule has 0 aromatic carbocycles. The molecule has 3 atom stereocenters. The number of aliphatic carboxylic acids is 1. The molecule has 3 N–H and O–H groups in total. The van der Waals surface area contributed by atoms with E-state index in [2.05, 4.69) is 4.90 Å². The molecule has 3 rings (SSSR count). The van der Waals surface area contributed by atoms with Crippen LogP contribution in [0.3, 0.4) is 0 Å². The normalized spacial score (nSPS) is 35.3. The van der Waals surface area contributed by atoms with Crippen LogP contribution >= 0.6 is 0 Å². The topological polar surface area (TPSA) is 86.9 Å². The first-order valence-corrected chi connectivity index (χ1v) is 8.07. The molecule has 3 unspecified atom stereocenters. The van der Waals surface area contributed by atoms with Gasteiger partial charge >= 0.3 is 12.0 Å². The number of carboxylic acids is 1. The average molecular weight is 295 g/mol. The maximum Gasteiger partial charge on any atom is 0.320 e. The fraction of sp³-hybridized carbons (Fsp3) is 0.867. The molecule has 6 heteroatoms. The third kappa shape index (κ3) is 2.86. The second-order valence-corrected chi connectivity index (χ2v) is 6.85. The van der Waals surface area contributed by atoms with Crippen molar-refractivity contribution < 1.29 is 14.7 Å². The van der Waals surface area contributed by atoms with Gasteiger partial charge in [0.25, 0.3) is 0 Å². The van der Waals surface area contributed by atoms with Crippen LogP contribution in [0.5, 0.6) is 0 Å². The van der Waals surface area contributed by atoms with Gasteiger partial charge in [0.2, 0.25) is 0 Å². The lowest BCUT2D eigenvalue weighted by Gasteiger charge is -2.40. The Kier molecular flexibility index (Phi) is 4.06. The Morgan fingerprint density at radius 1 is 1.10 bits per heavy atom. The number of rotatable bonds is 3. The number of urea groups is 1. The SMILES string of the molecule is NCC1CCN(C(=O)N2C3CCC2CC(CC(=O)O)C3)C1. The molecule has 2 bridgehead atoms. The number of piperidine rings is 1. The van der Waals surface area contributed by atoms with Crippen LogP contribution in [0.2, 0.25) is 0 Å². The van der Waals surface area contributed by atoms with Crippen LogP contribution in [0.15, 0.2) is 0 Å². The van der Waals surface area contributed by atoms with Gasteiger partial charge in [-0.1, -0.05) is 0 Å². The smallest absolute Gasteiger partial charge is 0.320 e. The number of nitrogens with zero attached hydrogens (tertiary/aromatic N) is 2. The van der Waals surface area contributed by atoms with Gasteiger partial charge in [-0.2, -0.15) is 0 Å². The van der Waals surface area contributed by atoms with Crippen molar-refractivity contribution in [1.29, 1.82) is 0 Å². The van der Waals surface area contributed by atoms with Gasteiger partial charge < -0.3 is 20.6 Å². The van der Waals surface area contributed by atoms with Crippen LogP contribution in [-0.2, 0) is 4.79 Å². The average Bonchev–Trinajstić information content (AvgIpc) is 3.01. The third-order valence-corrected chi connectivity index (χ3v) is 5.40. The van der Waals surface area contributed by atoms with Crippen molar-refractivity contribution in [3.8, 4) is 0 Å². The van der Waals surface area contributed by atoms with Crippen molar-refractivity contribution in [2.75, 3.05) is 19.6 Å². The minimum atomic E-state index is -0.718. The van der Waals surface area contributed by atoms with Gasteiger partial charge in [-0.05, 0) is 50.5 Å². The van der Waals surface area contributed by atoms with E-state index in [1.807, 2.05) is 4.90 Å². The van der Waals surface area contributed by atoms with Gasteiger partial charge in [-0.15, -0.1) is 0 Å². The van der Waals surface area contributed by atoms with Crippen molar-refractivity contribution in [2.45, 2.75) is 50.6 Å². The van der Waals surface area contributed by atoms with Crippen LogP contribution in [0.4, 0.5) is 4.79 Å². The number of likely N-dealkylation sites (tertiary alicyclic amines) is 1. The lowest BCUT2D eigenvalue weighted by atomic mass is 9.88. The molecule has 3 heterocycles. The van der Waals surface area contributed by atoms with Gasteiger partial charge in [0, 0.05) is 31.6 Å². The maximum absolute atomic E-state index is 12.7. The summed E-state index contributed by atoms with van der Waals surface area (Å²) >= 11 is 0. The molecule has 3 saturated heterocycles. The Bertz CT molecular complexity index is 414. The van der Waals surface area contributed by atoms with E-state index >= 15 is 0 Å². The Labute approximate surface area is 125 Å². The zero-order valence-corrected chi connectivity index (χ0v) is 12.4. The van der Waals surface area contributed by atoms with Crippen molar-refractivity contribution in [2.24, 2.45) is 17.6 Å². The highest BCUT2D eigenvalue weighted by atomic mass is 16.4. The molecule has 6 nitrogen and oxygen atoms in total. The van der Waals surface area contributed by atoms with Gasteiger partial charge in [0.15, 0.2) is 0 Å². The molecule has 0 aliphatic carbocycles. The molecule has 21 heavy (non-hydrogen) atoms. The molecule has 0 aromatic heterocycles. The summed E-state index contributed by atoms with van der Waals surface area (Å²) in [5, 5.41) is 8.96. The van der Waals surface area contributed by atoms with Crippen LogP contribution in [0.1, 0.15) is 38.5 Å². The summed E-state index contributed by atoms with van der Waals surface area (Å²) in [6.07, 6.45) is 5.01. The molecule has 2 amide bonds. The maximum atomic E-state index is 12.7. The second kappa shape index (κ2) is 5.83. The Morgan fingerprint density at radius 3 is 2.29 bits per heavy atom. The molecular weight excluding hydrogens is 270 g/mol. The van der Waals surface area contributed by atoms with E-state index in [4.69, 9.17) is 10.8 Å². The lowest BCUT2D eigenvalue weighted by Crippen LogP contribution is -2.52. The Morgan fingerprint density at radius 2 is 1.76 bits per heavy atom. The van der Waals surface area contributed by atoms with E-state index in [0.717, 1.165) is 45.2 Å². The molecule has 3 aliphatic rings. The number of nitrogens with two attached hydrogens (primary N) is 1. The fourth-order valence-electron chi connectivity index (χ4n) is 4.38.